The number of carbonyl (C=O) groups is 3. The first-order valence-corrected chi connectivity index (χ1v) is 12.7. The summed E-state index contributed by atoms with van der Waals surface area (Å²) in [6.45, 7) is 2.00. The van der Waals surface area contributed by atoms with E-state index in [-0.39, 0.29) is 17.9 Å². The molecule has 4 unspecified atom stereocenters. The van der Waals surface area contributed by atoms with Crippen LogP contribution < -0.4 is 10.2 Å². The van der Waals surface area contributed by atoms with Crippen molar-refractivity contribution in [3.63, 3.8) is 0 Å². The van der Waals surface area contributed by atoms with Crippen LogP contribution in [0.15, 0.2) is 71.2 Å². The zero-order valence-corrected chi connectivity index (χ0v) is 21.5. The normalized spacial score (nSPS) is 24.9. The Bertz CT molecular complexity index is 1390. The van der Waals surface area contributed by atoms with Gasteiger partial charge in [0.2, 0.25) is 11.8 Å². The van der Waals surface area contributed by atoms with E-state index in [1.807, 2.05) is 19.1 Å². The van der Waals surface area contributed by atoms with Gasteiger partial charge in [-0.15, -0.1) is 0 Å². The molecular weight excluding hydrogens is 540 g/mol. The summed E-state index contributed by atoms with van der Waals surface area (Å²) in [7, 11) is 0. The molecule has 0 aromatic heterocycles. The average molecular weight is 565 g/mol. The minimum atomic E-state index is -1.84. The molecule has 4 N–H and O–H groups in total. The number of aryl methyl sites for hydroxylation is 1. The van der Waals surface area contributed by atoms with Crippen molar-refractivity contribution in [2.75, 3.05) is 4.90 Å². The zero-order chi connectivity index (χ0) is 26.5. The van der Waals surface area contributed by atoms with Gasteiger partial charge in [-0.25, -0.2) is 4.90 Å². The number of fused-ring (bicyclic) bond motifs is 1. The van der Waals surface area contributed by atoms with Crippen LogP contribution in [0.25, 0.3) is 0 Å². The summed E-state index contributed by atoms with van der Waals surface area (Å²) in [4.78, 5) is 41.9. The van der Waals surface area contributed by atoms with Crippen molar-refractivity contribution in [2.45, 2.75) is 31.3 Å². The Balaban J connectivity index is 1.66. The van der Waals surface area contributed by atoms with Crippen LogP contribution in [0.4, 0.5) is 5.69 Å². The number of aliphatic carboxylic acids is 1. The summed E-state index contributed by atoms with van der Waals surface area (Å²) in [5.74, 6) is -4.80. The van der Waals surface area contributed by atoms with Gasteiger partial charge in [0.1, 0.15) is 17.0 Å². The summed E-state index contributed by atoms with van der Waals surface area (Å²) in [6, 6.07) is 16.9. The molecule has 0 aliphatic carbocycles. The fourth-order valence-corrected chi connectivity index (χ4v) is 5.93. The third-order valence-corrected chi connectivity index (χ3v) is 7.88. The van der Waals surface area contributed by atoms with Gasteiger partial charge in [0, 0.05) is 22.5 Å². The van der Waals surface area contributed by atoms with Crippen molar-refractivity contribution in [1.29, 1.82) is 0 Å². The number of halogens is 1. The maximum Gasteiger partial charge on any atom is 0.325 e. The number of nitrogens with one attached hydrogen (secondary N) is 1. The fourth-order valence-electron chi connectivity index (χ4n) is 5.55. The molecule has 4 atom stereocenters. The summed E-state index contributed by atoms with van der Waals surface area (Å²) in [5.41, 5.74) is 0.460. The van der Waals surface area contributed by atoms with Crippen LogP contribution in [0.2, 0.25) is 0 Å². The minimum absolute atomic E-state index is 0.0242. The first kappa shape index (κ1) is 25.0. The largest absolute Gasteiger partial charge is 0.508 e. The molecular formula is C28H25BrN2O6. The first-order valence-electron chi connectivity index (χ1n) is 11.9. The monoisotopic (exact) mass is 564 g/mol. The molecule has 0 spiro atoms. The van der Waals surface area contributed by atoms with Crippen molar-refractivity contribution in [3.05, 3.63) is 87.9 Å². The van der Waals surface area contributed by atoms with E-state index in [4.69, 9.17) is 0 Å². The minimum Gasteiger partial charge on any atom is -0.508 e. The zero-order valence-electron chi connectivity index (χ0n) is 19.9. The highest BCUT2D eigenvalue weighted by atomic mass is 79.9. The number of anilines is 1. The van der Waals surface area contributed by atoms with Gasteiger partial charge in [-0.05, 0) is 60.0 Å². The third kappa shape index (κ3) is 4.08. The highest BCUT2D eigenvalue weighted by molar-refractivity contribution is 9.10. The quantitative estimate of drug-likeness (QED) is 0.334. The molecule has 2 heterocycles. The molecule has 2 fully saturated rings. The Morgan fingerprint density at radius 1 is 0.973 bits per heavy atom. The highest BCUT2D eigenvalue weighted by Crippen LogP contribution is 2.52. The molecule has 2 aliphatic rings. The van der Waals surface area contributed by atoms with Crippen LogP contribution in [0.1, 0.15) is 29.7 Å². The summed E-state index contributed by atoms with van der Waals surface area (Å²) in [5, 5.41) is 34.1. The third-order valence-electron chi connectivity index (χ3n) is 7.38. The van der Waals surface area contributed by atoms with Gasteiger partial charge in [-0.3, -0.25) is 19.7 Å². The molecule has 37 heavy (non-hydrogen) atoms. The summed E-state index contributed by atoms with van der Waals surface area (Å²) < 4.78 is 0.633. The van der Waals surface area contributed by atoms with Crippen molar-refractivity contribution >= 4 is 39.4 Å². The van der Waals surface area contributed by atoms with Gasteiger partial charge in [0.25, 0.3) is 0 Å². The fraction of sp³-hybridized carbons (Fsp3) is 0.250. The van der Waals surface area contributed by atoms with E-state index in [1.165, 1.54) is 18.2 Å². The number of nitrogens with zero attached hydrogens (tertiary/aromatic N) is 1. The van der Waals surface area contributed by atoms with Gasteiger partial charge in [-0.1, -0.05) is 47.1 Å². The number of benzene rings is 3. The Morgan fingerprint density at radius 2 is 1.62 bits per heavy atom. The number of aromatic hydroxyl groups is 2. The molecule has 5 rings (SSSR count). The summed E-state index contributed by atoms with van der Waals surface area (Å²) in [6.07, 6.45) is 0.674. The van der Waals surface area contributed by atoms with Gasteiger partial charge in [0.05, 0.1) is 17.5 Å². The molecule has 3 aromatic rings. The lowest BCUT2D eigenvalue weighted by atomic mass is 9.76. The van der Waals surface area contributed by atoms with Crippen LogP contribution in [-0.4, -0.2) is 38.6 Å². The van der Waals surface area contributed by atoms with E-state index < -0.39 is 41.2 Å². The van der Waals surface area contributed by atoms with Crippen LogP contribution in [0.5, 0.6) is 11.5 Å². The van der Waals surface area contributed by atoms with Crippen molar-refractivity contribution in [3.8, 4) is 11.5 Å². The number of rotatable bonds is 6. The number of amides is 2. The predicted octanol–water partition coefficient (Wildman–Crippen LogP) is 3.94. The average Bonchev–Trinajstić information content (AvgIpc) is 3.36. The Hall–Kier alpha value is -3.69. The van der Waals surface area contributed by atoms with Crippen molar-refractivity contribution in [1.82, 2.24) is 5.32 Å². The molecule has 0 radical (unpaired) electrons. The molecule has 9 heteroatoms. The molecule has 2 amide bonds. The molecule has 0 bridgehead atoms. The van der Waals surface area contributed by atoms with Gasteiger partial charge >= 0.3 is 5.97 Å². The van der Waals surface area contributed by atoms with E-state index in [0.29, 0.717) is 21.3 Å². The Labute approximate surface area is 221 Å². The maximum absolute atomic E-state index is 13.9. The van der Waals surface area contributed by atoms with E-state index in [9.17, 15) is 29.7 Å². The number of phenolic OH excluding ortho intramolecular Hbond substituents is 2. The number of imide groups is 1. The second-order valence-corrected chi connectivity index (χ2v) is 10.4. The number of carboxylic acid groups (broad SMARTS) is 1. The predicted molar refractivity (Wildman–Crippen MR) is 139 cm³/mol. The number of carboxylic acids is 1. The number of hydrogen-bond donors (Lipinski definition) is 4. The standard InChI is InChI=1S/C28H25BrN2O6/c1-2-15-3-8-18(9-4-15)31-25(34)22-23(26(31)35)28(27(36)37,14-16-5-10-19(32)11-6-16)30-24(22)20-13-17(29)7-12-21(20)33/h3-13,22-24,30,32-33H,2,14H2,1H3,(H,36,37). The Kier molecular flexibility index (Phi) is 6.29. The van der Waals surface area contributed by atoms with Crippen LogP contribution in [-0.2, 0) is 27.2 Å². The lowest BCUT2D eigenvalue weighted by Gasteiger charge is -2.31. The number of carbonyl (C=O) groups excluding carboxylic acids is 2. The second kappa shape index (κ2) is 9.32. The van der Waals surface area contributed by atoms with E-state index in [0.717, 1.165) is 16.9 Å². The molecule has 190 valence electrons. The van der Waals surface area contributed by atoms with Gasteiger partial charge in [-0.2, -0.15) is 0 Å². The van der Waals surface area contributed by atoms with Gasteiger partial charge in [0.15, 0.2) is 0 Å². The SMILES string of the molecule is CCc1ccc(N2C(=O)C3C(c4cc(Br)ccc4O)NC(Cc4ccc(O)cc4)(C(=O)O)C3C2=O)cc1. The molecule has 3 aromatic carbocycles. The van der Waals surface area contributed by atoms with Crippen molar-refractivity contribution < 1.29 is 29.7 Å². The van der Waals surface area contributed by atoms with E-state index >= 15 is 0 Å². The Morgan fingerprint density at radius 3 is 2.24 bits per heavy atom. The lowest BCUT2D eigenvalue weighted by Crippen LogP contribution is -2.57. The highest BCUT2D eigenvalue weighted by Gasteiger charge is 2.68. The van der Waals surface area contributed by atoms with Crippen molar-refractivity contribution in [2.24, 2.45) is 11.8 Å². The topological polar surface area (TPSA) is 127 Å². The van der Waals surface area contributed by atoms with Crippen LogP contribution in [0, 0.1) is 11.8 Å². The van der Waals surface area contributed by atoms with E-state index in [2.05, 4.69) is 21.2 Å². The van der Waals surface area contributed by atoms with Crippen LogP contribution in [0.3, 0.4) is 0 Å². The van der Waals surface area contributed by atoms with Crippen LogP contribution >= 0.6 is 15.9 Å². The first-order chi connectivity index (χ1) is 17.7. The molecule has 0 saturated carbocycles. The van der Waals surface area contributed by atoms with Gasteiger partial charge < -0.3 is 15.3 Å². The molecule has 8 nitrogen and oxygen atoms in total. The van der Waals surface area contributed by atoms with E-state index in [1.54, 1.807) is 36.4 Å². The maximum atomic E-state index is 13.9. The number of hydrogen-bond acceptors (Lipinski definition) is 6. The second-order valence-electron chi connectivity index (χ2n) is 9.48. The number of phenols is 2. The lowest BCUT2D eigenvalue weighted by molar-refractivity contribution is -0.148. The molecule has 2 saturated heterocycles. The smallest absolute Gasteiger partial charge is 0.325 e. The molecule has 2 aliphatic heterocycles. The summed E-state index contributed by atoms with van der Waals surface area (Å²) >= 11 is 3.38.